The molecule has 0 spiro atoms. The second kappa shape index (κ2) is 9.56. The summed E-state index contributed by atoms with van der Waals surface area (Å²) in [6.45, 7) is 9.67. The van der Waals surface area contributed by atoms with E-state index in [1.165, 1.54) is 12.1 Å². The van der Waals surface area contributed by atoms with Crippen molar-refractivity contribution in [3.63, 3.8) is 0 Å². The number of amides is 2. The van der Waals surface area contributed by atoms with Gasteiger partial charge >= 0.3 is 6.18 Å². The van der Waals surface area contributed by atoms with E-state index in [9.17, 15) is 22.8 Å². The molecule has 12 heteroatoms. The first kappa shape index (κ1) is 27.8. The third-order valence-electron chi connectivity index (χ3n) is 5.98. The first-order valence-corrected chi connectivity index (χ1v) is 11.5. The van der Waals surface area contributed by atoms with Gasteiger partial charge in [0.25, 0.3) is 5.91 Å². The van der Waals surface area contributed by atoms with Crippen LogP contribution in [0.4, 0.5) is 24.9 Å². The number of aromatic nitrogens is 3. The van der Waals surface area contributed by atoms with Crippen LogP contribution in [0.15, 0.2) is 34.9 Å². The summed E-state index contributed by atoms with van der Waals surface area (Å²) in [6, 6.07) is 7.97. The zero-order valence-corrected chi connectivity index (χ0v) is 21.5. The molecule has 0 aliphatic carbocycles. The molecule has 2 amide bonds. The van der Waals surface area contributed by atoms with Gasteiger partial charge in [-0.3, -0.25) is 14.9 Å². The lowest BCUT2D eigenvalue weighted by atomic mass is 9.91. The summed E-state index contributed by atoms with van der Waals surface area (Å²) in [5, 5.41) is 10.7. The predicted molar refractivity (Wildman–Crippen MR) is 133 cm³/mol. The van der Waals surface area contributed by atoms with Gasteiger partial charge in [0.2, 0.25) is 11.8 Å². The highest BCUT2D eigenvalue weighted by Gasteiger charge is 2.51. The summed E-state index contributed by atoms with van der Waals surface area (Å²) in [4.78, 5) is 24.8. The van der Waals surface area contributed by atoms with Crippen LogP contribution in [0.25, 0.3) is 11.3 Å². The lowest BCUT2D eigenvalue weighted by Gasteiger charge is -2.29. The molecule has 1 unspecified atom stereocenters. The molecule has 200 valence electrons. The molecule has 2 aromatic heterocycles. The minimum Gasteiger partial charge on any atom is -0.383 e. The van der Waals surface area contributed by atoms with E-state index in [4.69, 9.17) is 16.0 Å². The number of nitrogen functional groups attached to an aromatic ring is 1. The van der Waals surface area contributed by atoms with Crippen molar-refractivity contribution >= 4 is 23.5 Å². The second-order valence-corrected chi connectivity index (χ2v) is 10.7. The zero-order chi connectivity index (χ0) is 27.9. The molecule has 0 aliphatic heterocycles. The monoisotopic (exact) mass is 520 g/mol. The molecular formula is C25H31F3N6O3. The number of rotatable bonds is 7. The Kier molecular flexibility index (Phi) is 7.17. The van der Waals surface area contributed by atoms with Crippen LogP contribution in [0, 0.1) is 5.41 Å². The van der Waals surface area contributed by atoms with E-state index in [0.29, 0.717) is 22.2 Å². The van der Waals surface area contributed by atoms with Crippen LogP contribution in [-0.2, 0) is 16.8 Å². The normalized spacial score (nSPS) is 13.4. The number of nitrogens with zero attached hydrogens (tertiary/aromatic N) is 3. The fourth-order valence-corrected chi connectivity index (χ4v) is 3.73. The van der Waals surface area contributed by atoms with E-state index in [-0.39, 0.29) is 28.5 Å². The number of hydrogen-bond donors (Lipinski definition) is 3. The van der Waals surface area contributed by atoms with Crippen LogP contribution < -0.4 is 16.8 Å². The van der Waals surface area contributed by atoms with E-state index < -0.39 is 29.4 Å². The van der Waals surface area contributed by atoms with Crippen LogP contribution in [0.3, 0.4) is 0 Å². The summed E-state index contributed by atoms with van der Waals surface area (Å²) in [5.41, 5.74) is 10.1. The van der Waals surface area contributed by atoms with Gasteiger partial charge in [0.05, 0.1) is 11.6 Å². The van der Waals surface area contributed by atoms with Gasteiger partial charge in [0.1, 0.15) is 17.1 Å². The zero-order valence-electron chi connectivity index (χ0n) is 21.5. The fourth-order valence-electron chi connectivity index (χ4n) is 3.73. The summed E-state index contributed by atoms with van der Waals surface area (Å²) in [7, 11) is 0. The third-order valence-corrected chi connectivity index (χ3v) is 5.98. The van der Waals surface area contributed by atoms with E-state index in [1.807, 2.05) is 0 Å². The largest absolute Gasteiger partial charge is 0.413 e. The highest BCUT2D eigenvalue weighted by molar-refractivity contribution is 6.03. The quantitative estimate of drug-likeness (QED) is 0.407. The number of anilines is 2. The van der Waals surface area contributed by atoms with Crippen LogP contribution in [0.1, 0.15) is 69.1 Å². The van der Waals surface area contributed by atoms with Crippen molar-refractivity contribution in [1.29, 1.82) is 0 Å². The molecule has 0 saturated heterocycles. The SMILES string of the molecule is CC(C(=O)Nc1cc(CC(C)(C)C)no1)c1ccc(-c2nn(C(C)(C)C(F)(F)F)c(N)c2C(N)=O)cc1. The number of alkyl halides is 3. The molecule has 1 atom stereocenters. The van der Waals surface area contributed by atoms with Gasteiger partial charge in [-0.05, 0) is 38.2 Å². The number of nitrogens with two attached hydrogens (primary N) is 2. The summed E-state index contributed by atoms with van der Waals surface area (Å²) < 4.78 is 46.6. The topological polar surface area (TPSA) is 142 Å². The number of nitrogens with one attached hydrogen (secondary N) is 1. The lowest BCUT2D eigenvalue weighted by molar-refractivity contribution is -0.205. The van der Waals surface area contributed by atoms with Gasteiger partial charge in [0, 0.05) is 11.6 Å². The highest BCUT2D eigenvalue weighted by atomic mass is 19.4. The van der Waals surface area contributed by atoms with Crippen LogP contribution in [-0.4, -0.2) is 32.9 Å². The van der Waals surface area contributed by atoms with Crippen molar-refractivity contribution in [3.8, 4) is 11.3 Å². The summed E-state index contributed by atoms with van der Waals surface area (Å²) in [5.74, 6) is -2.21. The minimum absolute atomic E-state index is 0.00453. The Bertz CT molecular complexity index is 1300. The van der Waals surface area contributed by atoms with Gasteiger partial charge in [-0.1, -0.05) is 50.2 Å². The number of primary amides is 1. The molecule has 0 aliphatic rings. The van der Waals surface area contributed by atoms with Crippen molar-refractivity contribution in [3.05, 3.63) is 47.2 Å². The van der Waals surface area contributed by atoms with Crippen molar-refractivity contribution in [2.24, 2.45) is 11.1 Å². The van der Waals surface area contributed by atoms with E-state index >= 15 is 0 Å². The second-order valence-electron chi connectivity index (χ2n) is 10.7. The maximum atomic E-state index is 13.6. The Morgan fingerprint density at radius 2 is 1.70 bits per heavy atom. The highest BCUT2D eigenvalue weighted by Crippen LogP contribution is 2.40. The van der Waals surface area contributed by atoms with Crippen molar-refractivity contribution in [2.75, 3.05) is 11.1 Å². The molecule has 0 radical (unpaired) electrons. The van der Waals surface area contributed by atoms with E-state index in [1.54, 1.807) is 25.1 Å². The van der Waals surface area contributed by atoms with E-state index in [0.717, 1.165) is 19.5 Å². The summed E-state index contributed by atoms with van der Waals surface area (Å²) >= 11 is 0. The van der Waals surface area contributed by atoms with Gasteiger partial charge in [0.15, 0.2) is 5.54 Å². The molecule has 3 aromatic rings. The van der Waals surface area contributed by atoms with Crippen LogP contribution in [0.5, 0.6) is 0 Å². The molecule has 9 nitrogen and oxygen atoms in total. The molecule has 0 saturated carbocycles. The number of halogens is 3. The first-order valence-electron chi connectivity index (χ1n) is 11.5. The Morgan fingerprint density at radius 3 is 2.22 bits per heavy atom. The Morgan fingerprint density at radius 1 is 1.11 bits per heavy atom. The molecular weight excluding hydrogens is 489 g/mol. The lowest BCUT2D eigenvalue weighted by Crippen LogP contribution is -2.43. The standard InChI is InChI=1S/C25H31F3N6O3/c1-13(22(36)31-17-11-16(33-37-17)12-23(2,3)4)14-7-9-15(10-8-14)19-18(21(30)35)20(29)34(32-19)24(5,6)25(26,27)28/h7-11,13H,12,29H2,1-6H3,(H2,30,35)(H,31,36). The number of hydrogen-bond acceptors (Lipinski definition) is 6. The van der Waals surface area contributed by atoms with Gasteiger partial charge in [-0.2, -0.15) is 18.3 Å². The van der Waals surface area contributed by atoms with Crippen LogP contribution in [0.2, 0.25) is 0 Å². The Balaban J connectivity index is 1.85. The molecule has 1 aromatic carbocycles. The Labute approximate surface area is 212 Å². The molecule has 2 heterocycles. The average molecular weight is 521 g/mol. The average Bonchev–Trinajstić information content (AvgIpc) is 3.35. The molecule has 0 fully saturated rings. The third kappa shape index (κ3) is 5.78. The minimum atomic E-state index is -4.69. The van der Waals surface area contributed by atoms with Gasteiger partial charge < -0.3 is 16.0 Å². The number of carbonyl (C=O) groups excluding carboxylic acids is 2. The smallest absolute Gasteiger partial charge is 0.383 e. The predicted octanol–water partition coefficient (Wildman–Crippen LogP) is 4.85. The molecule has 3 rings (SSSR count). The summed E-state index contributed by atoms with van der Waals surface area (Å²) in [6.07, 6.45) is -4.01. The van der Waals surface area contributed by atoms with Gasteiger partial charge in [-0.25, -0.2) is 4.68 Å². The molecule has 37 heavy (non-hydrogen) atoms. The number of benzene rings is 1. The Hall–Kier alpha value is -3.83. The molecule has 0 bridgehead atoms. The van der Waals surface area contributed by atoms with Gasteiger partial charge in [-0.15, -0.1) is 0 Å². The van der Waals surface area contributed by atoms with E-state index in [2.05, 4.69) is 36.3 Å². The fraction of sp³-hybridized carbons (Fsp3) is 0.440. The van der Waals surface area contributed by atoms with Crippen molar-refractivity contribution < 1.29 is 27.3 Å². The maximum Gasteiger partial charge on any atom is 0.413 e. The maximum absolute atomic E-state index is 13.6. The van der Waals surface area contributed by atoms with Crippen LogP contribution >= 0.6 is 0 Å². The number of carbonyl (C=O) groups is 2. The van der Waals surface area contributed by atoms with Crippen molar-refractivity contribution in [1.82, 2.24) is 14.9 Å². The van der Waals surface area contributed by atoms with Crippen molar-refractivity contribution in [2.45, 2.75) is 65.6 Å². The first-order chi connectivity index (χ1) is 16.9. The molecule has 5 N–H and O–H groups in total.